The van der Waals surface area contributed by atoms with Gasteiger partial charge in [-0.25, -0.2) is 9.37 Å². The van der Waals surface area contributed by atoms with Crippen molar-refractivity contribution in [1.29, 1.82) is 0 Å². The van der Waals surface area contributed by atoms with E-state index in [-0.39, 0.29) is 11.4 Å². The maximum absolute atomic E-state index is 13.1. The number of benzene rings is 1. The van der Waals surface area contributed by atoms with Crippen LogP contribution < -0.4 is 5.56 Å². The molecule has 3 aromatic heterocycles. The van der Waals surface area contributed by atoms with Crippen LogP contribution in [0.2, 0.25) is 0 Å². The molecule has 6 nitrogen and oxygen atoms in total. The summed E-state index contributed by atoms with van der Waals surface area (Å²) in [6.45, 7) is 4.87. The van der Waals surface area contributed by atoms with Crippen LogP contribution in [0.25, 0.3) is 21.6 Å². The summed E-state index contributed by atoms with van der Waals surface area (Å²) in [6.07, 6.45) is 0.890. The molecular formula is C20H19FN4O2S2. The number of aromatic nitrogens is 4. The largest absolute Gasteiger partial charge is 0.338 e. The Hall–Kier alpha value is -2.52. The van der Waals surface area contributed by atoms with Crippen LogP contribution in [-0.2, 0) is 12.3 Å². The predicted molar refractivity (Wildman–Crippen MR) is 113 cm³/mol. The molecule has 0 unspecified atom stereocenters. The third kappa shape index (κ3) is 4.40. The summed E-state index contributed by atoms with van der Waals surface area (Å²) in [5.74, 6) is 1.37. The summed E-state index contributed by atoms with van der Waals surface area (Å²) >= 11 is 2.81. The first kappa shape index (κ1) is 19.8. The number of halogens is 1. The molecule has 0 bridgehead atoms. The molecule has 0 saturated carbocycles. The van der Waals surface area contributed by atoms with E-state index in [2.05, 4.69) is 29.0 Å². The van der Waals surface area contributed by atoms with Gasteiger partial charge in [-0.1, -0.05) is 30.8 Å². The number of thiophene rings is 1. The maximum atomic E-state index is 13.1. The van der Waals surface area contributed by atoms with Crippen molar-refractivity contribution < 1.29 is 8.91 Å². The first-order valence-corrected chi connectivity index (χ1v) is 11.1. The van der Waals surface area contributed by atoms with Gasteiger partial charge in [0, 0.05) is 12.1 Å². The Kier molecular flexibility index (Phi) is 5.77. The van der Waals surface area contributed by atoms with Gasteiger partial charge in [0.1, 0.15) is 10.5 Å². The second-order valence-electron chi connectivity index (χ2n) is 6.98. The third-order valence-corrected chi connectivity index (χ3v) is 6.21. The molecule has 0 aliphatic heterocycles. The van der Waals surface area contributed by atoms with Gasteiger partial charge >= 0.3 is 0 Å². The van der Waals surface area contributed by atoms with E-state index in [4.69, 9.17) is 4.52 Å². The maximum Gasteiger partial charge on any atom is 0.272 e. The highest BCUT2D eigenvalue weighted by Gasteiger charge is 2.15. The zero-order chi connectivity index (χ0) is 20.4. The minimum Gasteiger partial charge on any atom is -0.338 e. The molecule has 0 fully saturated rings. The average molecular weight is 431 g/mol. The molecule has 3 heterocycles. The first-order chi connectivity index (χ1) is 14.0. The highest BCUT2D eigenvalue weighted by atomic mass is 32.2. The van der Waals surface area contributed by atoms with Crippen LogP contribution in [0.5, 0.6) is 0 Å². The Morgan fingerprint density at radius 3 is 2.76 bits per heavy atom. The summed E-state index contributed by atoms with van der Waals surface area (Å²) in [5, 5.41) is 6.48. The molecule has 0 spiro atoms. The van der Waals surface area contributed by atoms with E-state index in [0.717, 1.165) is 6.42 Å². The first-order valence-electron chi connectivity index (χ1n) is 9.20. The van der Waals surface area contributed by atoms with Crippen molar-refractivity contribution in [3.05, 3.63) is 57.8 Å². The smallest absolute Gasteiger partial charge is 0.272 e. The fraction of sp³-hybridized carbons (Fsp3) is 0.300. The third-order valence-electron chi connectivity index (χ3n) is 4.36. The molecule has 150 valence electrons. The minimum atomic E-state index is -0.317. The lowest BCUT2D eigenvalue weighted by atomic mass is 10.1. The summed E-state index contributed by atoms with van der Waals surface area (Å²) < 4.78 is 20.8. The van der Waals surface area contributed by atoms with Gasteiger partial charge < -0.3 is 4.52 Å². The van der Waals surface area contributed by atoms with Crippen LogP contribution in [0.15, 0.2) is 50.2 Å². The van der Waals surface area contributed by atoms with E-state index in [9.17, 15) is 9.18 Å². The van der Waals surface area contributed by atoms with Crippen LogP contribution in [0.4, 0.5) is 4.39 Å². The standard InChI is InChI=1S/C20H19FN4O2S2/c1-12(2)7-9-25-19(26)17-15(8-10-28-17)22-20(25)29-11-16-23-18(24-27-16)13-3-5-14(21)6-4-13/h3-6,8,10,12H,7,9,11H2,1-2H3. The lowest BCUT2D eigenvalue weighted by Gasteiger charge is -2.12. The molecule has 1 aromatic carbocycles. The van der Waals surface area contributed by atoms with E-state index in [1.165, 1.54) is 35.2 Å². The molecule has 0 aliphatic rings. The molecule has 9 heteroatoms. The van der Waals surface area contributed by atoms with Crippen molar-refractivity contribution in [2.75, 3.05) is 0 Å². The second-order valence-corrected chi connectivity index (χ2v) is 8.83. The van der Waals surface area contributed by atoms with Crippen molar-refractivity contribution in [3.8, 4) is 11.4 Å². The zero-order valence-electron chi connectivity index (χ0n) is 16.0. The summed E-state index contributed by atoms with van der Waals surface area (Å²) in [6, 6.07) is 7.78. The number of nitrogens with zero attached hydrogens (tertiary/aromatic N) is 4. The Bertz CT molecular complexity index is 1180. The molecule has 4 rings (SSSR count). The van der Waals surface area contributed by atoms with Crippen LogP contribution in [-0.4, -0.2) is 19.7 Å². The molecule has 0 saturated heterocycles. The van der Waals surface area contributed by atoms with Gasteiger partial charge in [-0.3, -0.25) is 9.36 Å². The van der Waals surface area contributed by atoms with E-state index >= 15 is 0 Å². The SMILES string of the molecule is CC(C)CCn1c(SCc2nc(-c3ccc(F)cc3)no2)nc2ccsc2c1=O. The Balaban J connectivity index is 1.57. The number of hydrogen-bond acceptors (Lipinski definition) is 7. The minimum absolute atomic E-state index is 0.00863. The monoisotopic (exact) mass is 430 g/mol. The van der Waals surface area contributed by atoms with Crippen LogP contribution in [0.1, 0.15) is 26.2 Å². The second kappa shape index (κ2) is 8.46. The molecule has 29 heavy (non-hydrogen) atoms. The average Bonchev–Trinajstić information content (AvgIpc) is 3.36. The van der Waals surface area contributed by atoms with Crippen molar-refractivity contribution in [3.63, 3.8) is 0 Å². The molecule has 0 aliphatic carbocycles. The molecule has 0 radical (unpaired) electrons. The van der Waals surface area contributed by atoms with Crippen molar-refractivity contribution >= 4 is 33.3 Å². The summed E-state index contributed by atoms with van der Waals surface area (Å²) in [4.78, 5) is 21.9. The fourth-order valence-corrected chi connectivity index (χ4v) is 4.42. The van der Waals surface area contributed by atoms with Gasteiger partial charge in [-0.2, -0.15) is 4.98 Å². The fourth-order valence-electron chi connectivity index (χ4n) is 2.77. The van der Waals surface area contributed by atoms with Gasteiger partial charge in [0.2, 0.25) is 11.7 Å². The molecule has 4 aromatic rings. The summed E-state index contributed by atoms with van der Waals surface area (Å²) in [5.41, 5.74) is 1.38. The molecule has 0 amide bonds. The lowest BCUT2D eigenvalue weighted by Crippen LogP contribution is -2.23. The Morgan fingerprint density at radius 2 is 2.00 bits per heavy atom. The summed E-state index contributed by atoms with van der Waals surface area (Å²) in [7, 11) is 0. The number of hydrogen-bond donors (Lipinski definition) is 0. The molecule has 0 atom stereocenters. The van der Waals surface area contributed by atoms with Gasteiger partial charge in [0.25, 0.3) is 5.56 Å². The van der Waals surface area contributed by atoms with Crippen molar-refractivity contribution in [2.45, 2.75) is 37.7 Å². The Labute approximate surface area is 174 Å². The van der Waals surface area contributed by atoms with Crippen LogP contribution in [0, 0.1) is 11.7 Å². The van der Waals surface area contributed by atoms with Gasteiger partial charge in [0.05, 0.1) is 11.3 Å². The highest BCUT2D eigenvalue weighted by molar-refractivity contribution is 7.98. The number of rotatable bonds is 7. The normalized spacial score (nSPS) is 11.6. The predicted octanol–water partition coefficient (Wildman–Crippen LogP) is 4.99. The number of fused-ring (bicyclic) bond motifs is 1. The Morgan fingerprint density at radius 1 is 1.21 bits per heavy atom. The van der Waals surface area contributed by atoms with E-state index in [0.29, 0.717) is 50.9 Å². The quantitative estimate of drug-likeness (QED) is 0.304. The van der Waals surface area contributed by atoms with E-state index in [1.807, 2.05) is 11.4 Å². The highest BCUT2D eigenvalue weighted by Crippen LogP contribution is 2.25. The van der Waals surface area contributed by atoms with Gasteiger partial charge in [-0.05, 0) is 48.1 Å². The van der Waals surface area contributed by atoms with Crippen molar-refractivity contribution in [2.24, 2.45) is 5.92 Å². The van der Waals surface area contributed by atoms with Crippen molar-refractivity contribution in [1.82, 2.24) is 19.7 Å². The van der Waals surface area contributed by atoms with E-state index < -0.39 is 0 Å². The zero-order valence-corrected chi connectivity index (χ0v) is 17.6. The molecular weight excluding hydrogens is 411 g/mol. The van der Waals surface area contributed by atoms with Gasteiger partial charge in [0.15, 0.2) is 5.16 Å². The topological polar surface area (TPSA) is 73.8 Å². The molecule has 0 N–H and O–H groups in total. The van der Waals surface area contributed by atoms with E-state index in [1.54, 1.807) is 16.7 Å². The van der Waals surface area contributed by atoms with Crippen LogP contribution >= 0.6 is 23.1 Å². The van der Waals surface area contributed by atoms with Crippen LogP contribution in [0.3, 0.4) is 0 Å². The number of thioether (sulfide) groups is 1. The van der Waals surface area contributed by atoms with Gasteiger partial charge in [-0.15, -0.1) is 11.3 Å². The lowest BCUT2D eigenvalue weighted by molar-refractivity contribution is 0.391.